The van der Waals surface area contributed by atoms with Crippen LogP contribution in [0.15, 0.2) is 21.9 Å². The molecule has 0 radical (unpaired) electrons. The third kappa shape index (κ3) is 2.32. The Bertz CT molecular complexity index is 199. The second kappa shape index (κ2) is 3.17. The molecule has 0 fully saturated rings. The van der Waals surface area contributed by atoms with Crippen LogP contribution < -0.4 is 0 Å². The van der Waals surface area contributed by atoms with E-state index in [0.29, 0.717) is 0 Å². The summed E-state index contributed by atoms with van der Waals surface area (Å²) in [7, 11) is 0. The van der Waals surface area contributed by atoms with E-state index in [1.807, 2.05) is 12.3 Å². The van der Waals surface area contributed by atoms with Crippen molar-refractivity contribution in [3.05, 3.63) is 21.9 Å². The third-order valence-electron chi connectivity index (χ3n) is 0.755. The lowest BCUT2D eigenvalue weighted by Gasteiger charge is -1.87. The summed E-state index contributed by atoms with van der Waals surface area (Å²) in [6, 6.07) is 1.86. The fourth-order valence-corrected chi connectivity index (χ4v) is 0.877. The summed E-state index contributed by atoms with van der Waals surface area (Å²) in [5, 5.41) is 3.94. The topological polar surface area (TPSA) is 17.8 Å². The van der Waals surface area contributed by atoms with Crippen LogP contribution in [0.2, 0.25) is 0 Å². The van der Waals surface area contributed by atoms with Crippen molar-refractivity contribution in [1.82, 2.24) is 9.78 Å². The number of rotatable bonds is 1. The highest BCUT2D eigenvalue weighted by Crippen LogP contribution is 2.13. The van der Waals surface area contributed by atoms with Crippen molar-refractivity contribution in [2.45, 2.75) is 0 Å². The van der Waals surface area contributed by atoms with Crippen molar-refractivity contribution < 1.29 is 0 Å². The van der Waals surface area contributed by atoms with E-state index in [2.05, 4.69) is 37.0 Å². The molecular weight excluding hydrogens is 248 g/mol. The van der Waals surface area contributed by atoms with E-state index in [1.165, 1.54) is 0 Å². The van der Waals surface area contributed by atoms with Gasteiger partial charge in [0.2, 0.25) is 0 Å². The summed E-state index contributed by atoms with van der Waals surface area (Å²) in [6.07, 6.45) is 5.38. The largest absolute Gasteiger partial charge is 0.247 e. The Labute approximate surface area is 69.8 Å². The molecule has 0 aliphatic rings. The molecule has 0 bridgehead atoms. The van der Waals surface area contributed by atoms with Crippen LogP contribution in [0.5, 0.6) is 0 Å². The monoisotopic (exact) mass is 250 g/mol. The number of hydrogen-bond acceptors (Lipinski definition) is 1. The zero-order valence-electron chi connectivity index (χ0n) is 4.46. The average molecular weight is 252 g/mol. The van der Waals surface area contributed by atoms with Gasteiger partial charge in [-0.05, 0) is 37.9 Å². The van der Waals surface area contributed by atoms with Gasteiger partial charge in [0.25, 0.3) is 0 Å². The molecule has 9 heavy (non-hydrogen) atoms. The van der Waals surface area contributed by atoms with Crippen molar-refractivity contribution >= 4 is 38.1 Å². The maximum absolute atomic E-state index is 3.94. The molecule has 0 saturated heterocycles. The summed E-state index contributed by atoms with van der Waals surface area (Å²) < 4.78 is 2.57. The van der Waals surface area contributed by atoms with E-state index in [9.17, 15) is 0 Å². The SMILES string of the molecule is BrC(Br)=Cn1cccn1. The first-order valence-electron chi connectivity index (χ1n) is 2.31. The maximum Gasteiger partial charge on any atom is 0.0787 e. The second-order valence-electron chi connectivity index (χ2n) is 1.40. The van der Waals surface area contributed by atoms with Gasteiger partial charge in [-0.1, -0.05) is 0 Å². The lowest BCUT2D eigenvalue weighted by molar-refractivity contribution is 0.936. The van der Waals surface area contributed by atoms with Gasteiger partial charge in [0.05, 0.1) is 3.39 Å². The van der Waals surface area contributed by atoms with Crippen LogP contribution in [-0.4, -0.2) is 9.78 Å². The molecule has 0 aliphatic heterocycles. The van der Waals surface area contributed by atoms with E-state index in [4.69, 9.17) is 0 Å². The molecule has 1 aromatic heterocycles. The lowest BCUT2D eigenvalue weighted by atomic mass is 10.7. The highest BCUT2D eigenvalue weighted by Gasteiger charge is 1.83. The minimum absolute atomic E-state index is 0.874. The first-order chi connectivity index (χ1) is 4.29. The van der Waals surface area contributed by atoms with Gasteiger partial charge in [0.15, 0.2) is 0 Å². The van der Waals surface area contributed by atoms with Crippen LogP contribution in [0, 0.1) is 0 Å². The van der Waals surface area contributed by atoms with Crippen LogP contribution in [0.1, 0.15) is 0 Å². The molecule has 1 aromatic rings. The summed E-state index contributed by atoms with van der Waals surface area (Å²) in [5.41, 5.74) is 0. The van der Waals surface area contributed by atoms with Gasteiger partial charge in [0, 0.05) is 18.6 Å². The molecule has 1 rings (SSSR count). The Morgan fingerprint density at radius 3 is 2.78 bits per heavy atom. The van der Waals surface area contributed by atoms with Crippen molar-refractivity contribution in [2.75, 3.05) is 0 Å². The number of halogens is 2. The van der Waals surface area contributed by atoms with Gasteiger partial charge < -0.3 is 0 Å². The van der Waals surface area contributed by atoms with E-state index in [1.54, 1.807) is 17.1 Å². The number of hydrogen-bond donors (Lipinski definition) is 0. The van der Waals surface area contributed by atoms with E-state index in [0.717, 1.165) is 3.39 Å². The fraction of sp³-hybridized carbons (Fsp3) is 0. The Morgan fingerprint density at radius 1 is 1.56 bits per heavy atom. The Hall–Kier alpha value is -0.0900. The number of nitrogens with zero attached hydrogens (tertiary/aromatic N) is 2. The predicted octanol–water partition coefficient (Wildman–Crippen LogP) is 2.43. The smallest absolute Gasteiger partial charge is 0.0787 e. The van der Waals surface area contributed by atoms with Crippen LogP contribution >= 0.6 is 31.9 Å². The van der Waals surface area contributed by atoms with E-state index >= 15 is 0 Å². The first-order valence-corrected chi connectivity index (χ1v) is 3.89. The molecule has 48 valence electrons. The van der Waals surface area contributed by atoms with Crippen LogP contribution in [0.25, 0.3) is 6.20 Å². The minimum atomic E-state index is 0.874. The molecule has 1 heterocycles. The maximum atomic E-state index is 3.94. The van der Waals surface area contributed by atoms with Crippen molar-refractivity contribution in [2.24, 2.45) is 0 Å². The van der Waals surface area contributed by atoms with Gasteiger partial charge in [0.1, 0.15) is 0 Å². The van der Waals surface area contributed by atoms with Crippen LogP contribution in [0.3, 0.4) is 0 Å². The fourth-order valence-electron chi connectivity index (χ4n) is 0.457. The summed E-state index contributed by atoms with van der Waals surface area (Å²) in [6.45, 7) is 0. The molecule has 0 aromatic carbocycles. The van der Waals surface area contributed by atoms with Gasteiger partial charge in [-0.15, -0.1) is 0 Å². The van der Waals surface area contributed by atoms with E-state index in [-0.39, 0.29) is 0 Å². The molecule has 0 amide bonds. The van der Waals surface area contributed by atoms with Crippen molar-refractivity contribution in [3.8, 4) is 0 Å². The molecule has 0 saturated carbocycles. The molecule has 0 N–H and O–H groups in total. The van der Waals surface area contributed by atoms with Crippen LogP contribution in [0.4, 0.5) is 0 Å². The third-order valence-corrected chi connectivity index (χ3v) is 1.16. The Morgan fingerprint density at radius 2 is 2.33 bits per heavy atom. The summed E-state index contributed by atoms with van der Waals surface area (Å²) in [5.74, 6) is 0. The normalized spacial score (nSPS) is 9.11. The zero-order chi connectivity index (χ0) is 6.69. The molecule has 4 heteroatoms. The van der Waals surface area contributed by atoms with Crippen molar-refractivity contribution in [1.29, 1.82) is 0 Å². The Balaban J connectivity index is 2.80. The summed E-state index contributed by atoms with van der Waals surface area (Å²) in [4.78, 5) is 0. The zero-order valence-corrected chi connectivity index (χ0v) is 7.63. The lowest BCUT2D eigenvalue weighted by Crippen LogP contribution is -1.83. The van der Waals surface area contributed by atoms with Gasteiger partial charge in [-0.2, -0.15) is 5.10 Å². The minimum Gasteiger partial charge on any atom is -0.247 e. The highest BCUT2D eigenvalue weighted by atomic mass is 79.9. The predicted molar refractivity (Wildman–Crippen MR) is 44.4 cm³/mol. The van der Waals surface area contributed by atoms with Gasteiger partial charge in [-0.25, -0.2) is 4.68 Å². The standard InChI is InChI=1S/C5H4Br2N2/c6-5(7)4-9-3-1-2-8-9/h1-4H. The molecular formula is C5H4Br2N2. The molecule has 2 nitrogen and oxygen atoms in total. The van der Waals surface area contributed by atoms with Gasteiger partial charge >= 0.3 is 0 Å². The number of aromatic nitrogens is 2. The van der Waals surface area contributed by atoms with Crippen molar-refractivity contribution in [3.63, 3.8) is 0 Å². The average Bonchev–Trinajstić information content (AvgIpc) is 2.15. The van der Waals surface area contributed by atoms with Crippen LogP contribution in [-0.2, 0) is 0 Å². The van der Waals surface area contributed by atoms with E-state index < -0.39 is 0 Å². The Kier molecular flexibility index (Phi) is 2.48. The highest BCUT2D eigenvalue weighted by molar-refractivity contribution is 9.28. The molecule has 0 aliphatic carbocycles. The molecule has 0 unspecified atom stereocenters. The molecule has 0 atom stereocenters. The van der Waals surface area contributed by atoms with Gasteiger partial charge in [-0.3, -0.25) is 0 Å². The molecule has 0 spiro atoms. The quantitative estimate of drug-likeness (QED) is 0.750. The second-order valence-corrected chi connectivity index (χ2v) is 4.18. The first kappa shape index (κ1) is 7.02. The summed E-state index contributed by atoms with van der Waals surface area (Å²) >= 11 is 6.43.